The Bertz CT molecular complexity index is 3580. The van der Waals surface area contributed by atoms with Crippen molar-refractivity contribution < 1.29 is 58.3 Å². The van der Waals surface area contributed by atoms with Gasteiger partial charge in [-0.1, -0.05) is 62.9 Å². The van der Waals surface area contributed by atoms with Crippen LogP contribution >= 0.6 is 11.6 Å². The number of hydrogen-bond acceptors (Lipinski definition) is 24. The Kier molecular flexibility index (Phi) is 30.9. The fraction of sp³-hybridized carbons (Fsp3) is 0.382. The van der Waals surface area contributed by atoms with Gasteiger partial charge in [-0.3, -0.25) is 23.0 Å². The number of nitrogens with one attached hydrogen (secondary N) is 3. The van der Waals surface area contributed by atoms with E-state index in [1.807, 2.05) is 109 Å². The number of H-pyrrole nitrogens is 1. The van der Waals surface area contributed by atoms with Crippen molar-refractivity contribution in [2.45, 2.75) is 34.1 Å². The zero-order chi connectivity index (χ0) is 64.9. The Labute approximate surface area is 558 Å². The summed E-state index contributed by atoms with van der Waals surface area (Å²) in [5, 5.41) is 6.21. The minimum atomic E-state index is 0. The lowest BCUT2D eigenvalue weighted by Gasteiger charge is -2.28. The van der Waals surface area contributed by atoms with E-state index < -0.39 is 0 Å². The van der Waals surface area contributed by atoms with Gasteiger partial charge in [0, 0.05) is 118 Å². The molecule has 0 radical (unpaired) electrons. The van der Waals surface area contributed by atoms with Crippen molar-refractivity contribution in [3.63, 3.8) is 0 Å². The minimum Gasteiger partial charge on any atom is -0.493 e. The molecule has 11 rings (SSSR count). The summed E-state index contributed by atoms with van der Waals surface area (Å²) in [5.74, 6) is 21.9. The number of hydrogen-bond donors (Lipinski definition) is 6. The maximum atomic E-state index is 6.23. The van der Waals surface area contributed by atoms with E-state index in [4.69, 9.17) is 79.3 Å². The van der Waals surface area contributed by atoms with Crippen molar-refractivity contribution >= 4 is 57.5 Å². The molecule has 4 aromatic heterocycles. The molecule has 0 aliphatic carbocycles. The van der Waals surface area contributed by atoms with Gasteiger partial charge in [-0.15, -0.1) is 0 Å². The van der Waals surface area contributed by atoms with Crippen LogP contribution in [0.5, 0.6) is 52.1 Å². The molecule has 9 N–H and O–H groups in total. The number of hydrazine groups is 2. The van der Waals surface area contributed by atoms with Crippen molar-refractivity contribution in [1.82, 2.24) is 19.9 Å². The number of aromatic nitrogens is 4. The highest BCUT2D eigenvalue weighted by atomic mass is 35.5. The van der Waals surface area contributed by atoms with Gasteiger partial charge in [-0.2, -0.15) is 20.1 Å². The Morgan fingerprint density at radius 3 is 1.31 bits per heavy atom. The number of halogens is 1. The van der Waals surface area contributed by atoms with E-state index >= 15 is 0 Å². The van der Waals surface area contributed by atoms with Crippen LogP contribution in [-0.4, -0.2) is 168 Å². The zero-order valence-electron chi connectivity index (χ0n) is 53.0. The summed E-state index contributed by atoms with van der Waals surface area (Å²) < 4.78 is 66.0. The van der Waals surface area contributed by atoms with Crippen molar-refractivity contribution in [2.24, 2.45) is 22.6 Å². The van der Waals surface area contributed by atoms with Crippen LogP contribution in [0.2, 0.25) is 5.02 Å². The second-order valence-corrected chi connectivity index (χ2v) is 21.0. The SMILES string of the molecule is C.C.COc1ccc(CCOc2cc(Cl)cc(N3CCOCC3)n2)cc1OC.COc1ccc(CCOc2cc(N/N=C/c3c[nH]c4ccccc34)cc(N3CCOCC3)n2)cc1OC.COc1ccc(CCOc2cc(NN)cc(N3CCOCC3)n2)cc1OC.NN.[2HH]. The molecule has 8 aromatic rings. The number of methoxy groups -OCH3 is 6. The number of anilines is 5. The highest BCUT2D eigenvalue weighted by Crippen LogP contribution is 2.32. The van der Waals surface area contributed by atoms with Gasteiger partial charge in [0.2, 0.25) is 17.6 Å². The molecule has 4 aromatic carbocycles. The number of benzene rings is 4. The van der Waals surface area contributed by atoms with E-state index in [1.54, 1.807) is 54.8 Å². The van der Waals surface area contributed by atoms with Crippen molar-refractivity contribution in [3.8, 4) is 52.1 Å². The number of aromatic amines is 1. The number of rotatable bonds is 25. The summed E-state index contributed by atoms with van der Waals surface area (Å²) >= 11 is 6.23. The van der Waals surface area contributed by atoms with Crippen molar-refractivity contribution in [1.29, 1.82) is 0 Å². The standard InChI is InChI=1S/C28H31N5O4.C19H23ClN2O4.C19H26N4O4.2CH4.H4N2.H2/c1-34-25-8-7-20(15-26(25)35-2)9-12-37-28-17-22(16-27(31-28)33-10-13-36-14-11-33)32-30-19-21-18-29-24-6-4-3-5-23(21)24;1-23-16-4-3-14(11-17(16)24-2)5-8-26-19-13-15(20)12-18(21-19)22-6-9-25-10-7-22;1-24-16-4-3-14(11-17(16)25-2)5-8-27-19-13-15(22-20)12-18(21-19)23-6-9-26-10-7-23;;;1-2;/h3-8,15-19,29H,9-14H2,1-2H3,(H,31,32);3-4,11-13H,5-10H2,1-2H3;3-4,11-13H,5-10,20H2,1-2H3,(H,21,22);2*1H4;1-2H2;1H/b30-19+;;;;;;/i;;;;;;1+1. The predicted octanol–water partition coefficient (Wildman–Crippen LogP) is 9.87. The van der Waals surface area contributed by atoms with Gasteiger partial charge in [0.05, 0.1) is 120 Å². The third kappa shape index (κ3) is 21.7. The monoisotopic (exact) mass is 1320 g/mol. The molecule has 7 heterocycles. The van der Waals surface area contributed by atoms with E-state index in [1.165, 1.54) is 0 Å². The molecule has 3 aliphatic rings. The van der Waals surface area contributed by atoms with E-state index in [0.717, 1.165) is 114 Å². The molecule has 25 nitrogen and oxygen atoms in total. The molecule has 3 fully saturated rings. The maximum absolute atomic E-state index is 6.23. The molecule has 94 heavy (non-hydrogen) atoms. The number of para-hydroxylation sites is 1. The van der Waals surface area contributed by atoms with Gasteiger partial charge >= 0.3 is 0 Å². The van der Waals surface area contributed by atoms with Gasteiger partial charge < -0.3 is 82.0 Å². The fourth-order valence-electron chi connectivity index (χ4n) is 9.98. The first-order valence-electron chi connectivity index (χ1n) is 30.0. The lowest BCUT2D eigenvalue weighted by Crippen LogP contribution is -2.36. The Morgan fingerprint density at radius 2 is 0.894 bits per heavy atom. The quantitative estimate of drug-likeness (QED) is 0.0176. The average molecular weight is 1320 g/mol. The molecule has 0 bridgehead atoms. The number of fused-ring (bicyclic) bond motifs is 1. The summed E-state index contributed by atoms with van der Waals surface area (Å²) in [4.78, 5) is 23.7. The van der Waals surface area contributed by atoms with Gasteiger partial charge in [-0.05, 0) is 65.2 Å². The van der Waals surface area contributed by atoms with E-state index in [0.29, 0.717) is 123 Å². The summed E-state index contributed by atoms with van der Waals surface area (Å²) in [6.07, 6.45) is 5.90. The van der Waals surface area contributed by atoms with Gasteiger partial charge in [-0.25, -0.2) is 0 Å². The van der Waals surface area contributed by atoms with Crippen molar-refractivity contribution in [3.05, 3.63) is 149 Å². The summed E-state index contributed by atoms with van der Waals surface area (Å²) in [6.45, 7) is 10.3. The second-order valence-electron chi connectivity index (χ2n) is 20.6. The first-order chi connectivity index (χ1) is 45.1. The molecular formula is C68H94ClN13O12. The predicted molar refractivity (Wildman–Crippen MR) is 374 cm³/mol. The molecule has 3 aliphatic heterocycles. The molecule has 0 spiro atoms. The van der Waals surface area contributed by atoms with Crippen LogP contribution in [0.25, 0.3) is 10.9 Å². The number of nitrogen functional groups attached to an aromatic ring is 1. The lowest BCUT2D eigenvalue weighted by molar-refractivity contribution is 0.122. The molecule has 510 valence electrons. The Balaban J connectivity index is 0.000000256. The molecular weight excluding hydrogens is 1230 g/mol. The van der Waals surface area contributed by atoms with Crippen molar-refractivity contribution in [2.75, 3.05) is 167 Å². The molecule has 0 amide bonds. The van der Waals surface area contributed by atoms with Crippen LogP contribution < -0.4 is 85.7 Å². The summed E-state index contributed by atoms with van der Waals surface area (Å²) in [5.41, 5.74) is 12.7. The lowest BCUT2D eigenvalue weighted by atomic mass is 10.1. The number of ether oxygens (including phenoxy) is 12. The van der Waals surface area contributed by atoms with Gasteiger partial charge in [0.15, 0.2) is 34.5 Å². The average Bonchev–Trinajstić information content (AvgIpc) is 1.94. The minimum absolute atomic E-state index is 0. The summed E-state index contributed by atoms with van der Waals surface area (Å²) in [7, 11) is 9.76. The second kappa shape index (κ2) is 39.4. The molecule has 0 atom stereocenters. The smallest absolute Gasteiger partial charge is 0.217 e. The molecule has 0 unspecified atom stereocenters. The normalized spacial score (nSPS) is 13.4. The van der Waals surface area contributed by atoms with Crippen LogP contribution in [-0.2, 0) is 33.5 Å². The Hall–Kier alpha value is -9.21. The van der Waals surface area contributed by atoms with Crippen LogP contribution in [0, 0.1) is 0 Å². The van der Waals surface area contributed by atoms with Crippen LogP contribution in [0.3, 0.4) is 0 Å². The highest BCUT2D eigenvalue weighted by Gasteiger charge is 2.19. The van der Waals surface area contributed by atoms with Crippen LogP contribution in [0.4, 0.5) is 28.8 Å². The fourth-order valence-corrected chi connectivity index (χ4v) is 10.2. The first kappa shape index (κ1) is 73.8. The molecule has 3 saturated heterocycles. The van der Waals surface area contributed by atoms with Gasteiger partial charge in [0.25, 0.3) is 0 Å². The Morgan fingerprint density at radius 1 is 0.511 bits per heavy atom. The number of pyridine rings is 3. The topological polar surface area (TPSA) is 289 Å². The zero-order valence-corrected chi connectivity index (χ0v) is 53.7. The highest BCUT2D eigenvalue weighted by molar-refractivity contribution is 6.30. The van der Waals surface area contributed by atoms with E-state index in [9.17, 15) is 0 Å². The number of hydrazone groups is 1. The van der Waals surface area contributed by atoms with E-state index in [-0.39, 0.29) is 16.3 Å². The molecule has 0 saturated carbocycles. The van der Waals surface area contributed by atoms with Crippen LogP contribution in [0.1, 0.15) is 38.5 Å². The number of nitrogens with zero attached hydrogens (tertiary/aromatic N) is 7. The largest absolute Gasteiger partial charge is 0.493 e. The summed E-state index contributed by atoms with van der Waals surface area (Å²) in [6, 6.07) is 36.8. The number of morpholine rings is 3. The third-order valence-electron chi connectivity index (χ3n) is 14.8. The third-order valence-corrected chi connectivity index (χ3v) is 15.0. The van der Waals surface area contributed by atoms with Crippen LogP contribution in [0.15, 0.2) is 127 Å². The maximum Gasteiger partial charge on any atom is 0.217 e. The van der Waals surface area contributed by atoms with Gasteiger partial charge in [0.1, 0.15) is 17.5 Å². The first-order valence-corrected chi connectivity index (χ1v) is 30.4. The van der Waals surface area contributed by atoms with E-state index in [2.05, 4.69) is 63.4 Å². The number of nitrogens with two attached hydrogens (primary N) is 3. The molecule has 26 heteroatoms.